The molecule has 0 aliphatic carbocycles. The lowest BCUT2D eigenvalue weighted by Crippen LogP contribution is -2.52. The minimum absolute atomic E-state index is 0.00230. The van der Waals surface area contributed by atoms with Gasteiger partial charge in [0.25, 0.3) is 0 Å². The topological polar surface area (TPSA) is 48.5 Å². The number of rotatable bonds is 4. The van der Waals surface area contributed by atoms with E-state index in [2.05, 4.69) is 20.1 Å². The van der Waals surface area contributed by atoms with Gasteiger partial charge in [0.2, 0.25) is 5.91 Å². The number of nitrogens with zero attached hydrogens (tertiary/aromatic N) is 3. The van der Waals surface area contributed by atoms with Crippen LogP contribution in [0.3, 0.4) is 0 Å². The number of thiazole rings is 1. The highest BCUT2D eigenvalue weighted by molar-refractivity contribution is 7.13. The Morgan fingerprint density at radius 3 is 2.75 bits per heavy atom. The number of aromatic nitrogens is 1. The van der Waals surface area contributed by atoms with E-state index in [9.17, 15) is 9.18 Å². The second kappa shape index (κ2) is 7.46. The van der Waals surface area contributed by atoms with Crippen molar-refractivity contribution in [3.8, 4) is 0 Å². The van der Waals surface area contributed by atoms with Crippen LogP contribution in [0.15, 0.2) is 29.8 Å². The first-order valence-corrected chi connectivity index (χ1v) is 8.95. The van der Waals surface area contributed by atoms with E-state index in [1.54, 1.807) is 17.5 Å². The molecular weight excluding hydrogens is 351 g/mol. The van der Waals surface area contributed by atoms with Crippen LogP contribution in [0, 0.1) is 5.82 Å². The molecule has 24 heavy (non-hydrogen) atoms. The lowest BCUT2D eigenvalue weighted by atomic mass is 10.2. The maximum atomic E-state index is 13.2. The van der Waals surface area contributed by atoms with Crippen molar-refractivity contribution in [1.29, 1.82) is 0 Å². The van der Waals surface area contributed by atoms with Gasteiger partial charge in [-0.05, 0) is 25.1 Å². The van der Waals surface area contributed by atoms with E-state index in [1.165, 1.54) is 18.2 Å². The van der Waals surface area contributed by atoms with Crippen LogP contribution in [-0.4, -0.2) is 48.0 Å². The molecule has 0 unspecified atom stereocenters. The van der Waals surface area contributed by atoms with Crippen LogP contribution < -0.4 is 10.2 Å². The lowest BCUT2D eigenvalue weighted by Gasteiger charge is -2.37. The van der Waals surface area contributed by atoms with Gasteiger partial charge in [-0.15, -0.1) is 11.3 Å². The van der Waals surface area contributed by atoms with Gasteiger partial charge < -0.3 is 10.2 Å². The molecule has 1 N–H and O–H groups in total. The molecule has 0 saturated carbocycles. The Morgan fingerprint density at radius 1 is 1.38 bits per heavy atom. The van der Waals surface area contributed by atoms with Crippen LogP contribution in [0.4, 0.5) is 15.2 Å². The zero-order valence-corrected chi connectivity index (χ0v) is 14.8. The van der Waals surface area contributed by atoms with Crippen LogP contribution in [0.25, 0.3) is 0 Å². The number of piperazine rings is 1. The summed E-state index contributed by atoms with van der Waals surface area (Å²) >= 11 is 7.37. The highest BCUT2D eigenvalue weighted by atomic mass is 35.5. The summed E-state index contributed by atoms with van der Waals surface area (Å²) in [7, 11) is 0. The highest BCUT2D eigenvalue weighted by Crippen LogP contribution is 2.21. The number of nitrogens with one attached hydrogen (secondary N) is 1. The van der Waals surface area contributed by atoms with Crippen LogP contribution >= 0.6 is 22.9 Å². The van der Waals surface area contributed by atoms with E-state index < -0.39 is 5.82 Å². The molecule has 1 aliphatic rings. The van der Waals surface area contributed by atoms with Crippen LogP contribution in [0.5, 0.6) is 0 Å². The largest absolute Gasteiger partial charge is 0.346 e. The van der Waals surface area contributed by atoms with E-state index in [1.807, 2.05) is 12.3 Å². The Kier molecular flexibility index (Phi) is 5.33. The second-order valence-corrected chi connectivity index (χ2v) is 6.91. The van der Waals surface area contributed by atoms with Gasteiger partial charge >= 0.3 is 0 Å². The molecule has 1 aliphatic heterocycles. The summed E-state index contributed by atoms with van der Waals surface area (Å²) in [6, 6.07) is 3.90. The molecule has 1 fully saturated rings. The number of hydrogen-bond acceptors (Lipinski definition) is 5. The third kappa shape index (κ3) is 3.85. The van der Waals surface area contributed by atoms with E-state index in [0.29, 0.717) is 5.69 Å². The van der Waals surface area contributed by atoms with Crippen molar-refractivity contribution in [2.75, 3.05) is 36.4 Å². The van der Waals surface area contributed by atoms with Crippen LogP contribution in [0.1, 0.15) is 6.92 Å². The number of carbonyl (C=O) groups excluding carboxylic acids is 1. The van der Waals surface area contributed by atoms with Gasteiger partial charge in [-0.25, -0.2) is 9.37 Å². The van der Waals surface area contributed by atoms with E-state index in [-0.39, 0.29) is 17.0 Å². The van der Waals surface area contributed by atoms with Crippen molar-refractivity contribution in [2.24, 2.45) is 0 Å². The number of benzene rings is 1. The van der Waals surface area contributed by atoms with Crippen molar-refractivity contribution >= 4 is 39.7 Å². The third-order valence-corrected chi connectivity index (χ3v) is 5.24. The van der Waals surface area contributed by atoms with Crippen LogP contribution in [0.2, 0.25) is 5.02 Å². The lowest BCUT2D eigenvalue weighted by molar-refractivity contribution is -0.120. The summed E-state index contributed by atoms with van der Waals surface area (Å²) in [5.74, 6) is -0.624. The van der Waals surface area contributed by atoms with Gasteiger partial charge in [0, 0.05) is 43.4 Å². The van der Waals surface area contributed by atoms with Gasteiger partial charge in [-0.3, -0.25) is 9.69 Å². The SMILES string of the molecule is C[C@H](C(=O)Nc1ccc(F)c(Cl)c1)N1CCN(c2nccs2)CC1. The molecule has 1 atom stereocenters. The molecule has 1 saturated heterocycles. The predicted octanol–water partition coefficient (Wildman–Crippen LogP) is 3.08. The Morgan fingerprint density at radius 2 is 2.12 bits per heavy atom. The fourth-order valence-electron chi connectivity index (χ4n) is 2.66. The van der Waals surface area contributed by atoms with Gasteiger partial charge in [-0.1, -0.05) is 11.6 Å². The third-order valence-electron chi connectivity index (χ3n) is 4.12. The molecule has 2 heterocycles. The predicted molar refractivity (Wildman–Crippen MR) is 95.4 cm³/mol. The molecule has 8 heteroatoms. The first kappa shape index (κ1) is 17.1. The number of amides is 1. The molecule has 2 aromatic rings. The van der Waals surface area contributed by atoms with Gasteiger partial charge in [0.15, 0.2) is 5.13 Å². The first-order chi connectivity index (χ1) is 11.5. The normalized spacial score (nSPS) is 16.9. The number of hydrogen-bond donors (Lipinski definition) is 1. The molecule has 1 aromatic carbocycles. The summed E-state index contributed by atoms with van der Waals surface area (Å²) in [4.78, 5) is 21.1. The zero-order chi connectivity index (χ0) is 17.1. The van der Waals surface area contributed by atoms with Gasteiger partial charge in [0.05, 0.1) is 11.1 Å². The highest BCUT2D eigenvalue weighted by Gasteiger charge is 2.26. The molecule has 0 spiro atoms. The molecule has 1 aromatic heterocycles. The molecule has 3 rings (SSSR count). The van der Waals surface area contributed by atoms with E-state index in [4.69, 9.17) is 11.6 Å². The first-order valence-electron chi connectivity index (χ1n) is 7.69. The summed E-state index contributed by atoms with van der Waals surface area (Å²) in [5, 5.41) is 5.77. The average molecular weight is 369 g/mol. The van der Waals surface area contributed by atoms with Crippen molar-refractivity contribution in [1.82, 2.24) is 9.88 Å². The van der Waals surface area contributed by atoms with Crippen molar-refractivity contribution in [3.63, 3.8) is 0 Å². The number of anilines is 2. The monoisotopic (exact) mass is 368 g/mol. The molecule has 0 bridgehead atoms. The molecule has 0 radical (unpaired) electrons. The van der Waals surface area contributed by atoms with Gasteiger partial charge in [0.1, 0.15) is 5.82 Å². The van der Waals surface area contributed by atoms with Crippen molar-refractivity contribution in [3.05, 3.63) is 40.6 Å². The fraction of sp³-hybridized carbons (Fsp3) is 0.375. The van der Waals surface area contributed by atoms with E-state index >= 15 is 0 Å². The number of carbonyl (C=O) groups is 1. The molecule has 5 nitrogen and oxygen atoms in total. The smallest absolute Gasteiger partial charge is 0.241 e. The van der Waals surface area contributed by atoms with E-state index in [0.717, 1.165) is 31.3 Å². The summed E-state index contributed by atoms with van der Waals surface area (Å²) in [6.07, 6.45) is 1.80. The van der Waals surface area contributed by atoms with Gasteiger partial charge in [-0.2, -0.15) is 0 Å². The molecule has 128 valence electrons. The molecular formula is C16H18ClFN4OS. The fourth-order valence-corrected chi connectivity index (χ4v) is 3.54. The van der Waals surface area contributed by atoms with Crippen molar-refractivity contribution < 1.29 is 9.18 Å². The quantitative estimate of drug-likeness (QED) is 0.901. The Labute approximate surface area is 149 Å². The minimum atomic E-state index is -0.499. The maximum absolute atomic E-state index is 13.2. The Bertz CT molecular complexity index is 704. The minimum Gasteiger partial charge on any atom is -0.346 e. The summed E-state index contributed by atoms with van der Waals surface area (Å²) < 4.78 is 13.2. The average Bonchev–Trinajstić information content (AvgIpc) is 3.12. The zero-order valence-electron chi connectivity index (χ0n) is 13.2. The maximum Gasteiger partial charge on any atom is 0.241 e. The van der Waals surface area contributed by atoms with Crippen LogP contribution in [-0.2, 0) is 4.79 Å². The summed E-state index contributed by atoms with van der Waals surface area (Å²) in [5.41, 5.74) is 0.500. The number of halogens is 2. The Hall–Kier alpha value is -1.70. The standard InChI is InChI=1S/C16H18ClFN4OS/c1-11(15(23)20-12-2-3-14(18)13(17)10-12)21-5-7-22(8-6-21)16-19-4-9-24-16/h2-4,9-11H,5-8H2,1H3,(H,20,23)/t11-/m1/s1. The molecule has 1 amide bonds. The second-order valence-electron chi connectivity index (χ2n) is 5.63. The summed E-state index contributed by atoms with van der Waals surface area (Å²) in [6.45, 7) is 5.14. The van der Waals surface area contributed by atoms with Crippen molar-refractivity contribution in [2.45, 2.75) is 13.0 Å². The Balaban J connectivity index is 1.55.